The van der Waals surface area contributed by atoms with Gasteiger partial charge in [0, 0.05) is 16.8 Å². The average Bonchev–Trinajstić information content (AvgIpc) is 3.01. The second-order valence-electron chi connectivity index (χ2n) is 7.41. The number of aromatic hydroxyl groups is 1. The Morgan fingerprint density at radius 3 is 2.93 bits per heavy atom. The van der Waals surface area contributed by atoms with E-state index in [2.05, 4.69) is 17.6 Å². The number of fused-ring (bicyclic) bond motifs is 3. The highest BCUT2D eigenvalue weighted by atomic mass is 35.5. The molecule has 0 fully saturated rings. The summed E-state index contributed by atoms with van der Waals surface area (Å²) in [6, 6.07) is 5.55. The van der Waals surface area contributed by atoms with Gasteiger partial charge in [0.2, 0.25) is 11.9 Å². The summed E-state index contributed by atoms with van der Waals surface area (Å²) in [5.74, 6) is -0.166. The van der Waals surface area contributed by atoms with Crippen LogP contribution < -0.4 is 17.0 Å². The maximum Gasteiger partial charge on any atom is 0.354 e. The fraction of sp³-hybridized carbons (Fsp3) is 0.333. The van der Waals surface area contributed by atoms with E-state index in [1.807, 2.05) is 22.9 Å². The third-order valence-corrected chi connectivity index (χ3v) is 6.38. The van der Waals surface area contributed by atoms with Gasteiger partial charge in [0.15, 0.2) is 5.75 Å². The molecule has 0 spiro atoms. The maximum absolute atomic E-state index is 12.7. The number of methoxy groups -OCH3 is 1. The highest BCUT2D eigenvalue weighted by molar-refractivity contribution is 6.32. The summed E-state index contributed by atoms with van der Waals surface area (Å²) in [4.78, 5) is 12.7. The van der Waals surface area contributed by atoms with Gasteiger partial charge in [-0.05, 0) is 37.1 Å². The zero-order chi connectivity index (χ0) is 18.9. The molecule has 2 aliphatic rings. The number of pyridine rings is 1. The van der Waals surface area contributed by atoms with E-state index in [4.69, 9.17) is 16.3 Å². The van der Waals surface area contributed by atoms with E-state index in [1.54, 1.807) is 6.07 Å². The number of nitrogens with zero attached hydrogens (tertiary/aromatic N) is 2. The van der Waals surface area contributed by atoms with Crippen LogP contribution >= 0.6 is 11.6 Å². The number of benzene rings is 1. The first-order valence-electron chi connectivity index (χ1n) is 9.22. The fourth-order valence-corrected chi connectivity index (χ4v) is 5.13. The Kier molecular flexibility index (Phi) is 4.36. The molecule has 0 bridgehead atoms. The fourth-order valence-electron chi connectivity index (χ4n) is 4.96. The molecular weight excluding hydrogens is 399 g/mol. The van der Waals surface area contributed by atoms with Crippen LogP contribution in [-0.4, -0.2) is 22.8 Å². The van der Waals surface area contributed by atoms with Crippen molar-refractivity contribution in [1.29, 1.82) is 0 Å². The Morgan fingerprint density at radius 2 is 2.21 bits per heavy atom. The zero-order valence-electron chi connectivity index (χ0n) is 15.6. The first-order valence-corrected chi connectivity index (χ1v) is 9.59. The highest BCUT2D eigenvalue weighted by Crippen LogP contribution is 2.49. The molecule has 28 heavy (non-hydrogen) atoms. The molecule has 2 aromatic heterocycles. The van der Waals surface area contributed by atoms with Crippen molar-refractivity contribution in [1.82, 2.24) is 4.57 Å². The monoisotopic (exact) mass is 418 g/mol. The van der Waals surface area contributed by atoms with Gasteiger partial charge in [-0.1, -0.05) is 18.5 Å². The second-order valence-corrected chi connectivity index (χ2v) is 7.85. The van der Waals surface area contributed by atoms with Gasteiger partial charge in [-0.3, -0.25) is 4.57 Å². The van der Waals surface area contributed by atoms with Crippen LogP contribution in [0, 0.1) is 0 Å². The molecule has 0 aliphatic carbocycles. The van der Waals surface area contributed by atoms with E-state index in [1.165, 1.54) is 7.11 Å². The molecule has 0 saturated heterocycles. The van der Waals surface area contributed by atoms with E-state index < -0.39 is 0 Å². The van der Waals surface area contributed by atoms with Crippen LogP contribution in [0.4, 0.5) is 0 Å². The normalized spacial score (nSPS) is 20.0. The van der Waals surface area contributed by atoms with Crippen LogP contribution in [0.25, 0.3) is 27.5 Å². The summed E-state index contributed by atoms with van der Waals surface area (Å²) in [5, 5.41) is 13.0. The molecule has 0 radical (unpaired) electrons. The van der Waals surface area contributed by atoms with Crippen LogP contribution in [0.1, 0.15) is 31.9 Å². The van der Waals surface area contributed by atoms with Crippen LogP contribution in [-0.2, 0) is 21.5 Å². The molecule has 0 amide bonds. The number of esters is 1. The van der Waals surface area contributed by atoms with E-state index in [0.717, 1.165) is 53.3 Å². The average molecular weight is 419 g/mol. The number of allylic oxidation sites excluding steroid dienone is 1. The lowest BCUT2D eigenvalue weighted by atomic mass is 9.72. The lowest BCUT2D eigenvalue weighted by Crippen LogP contribution is -3.00. The first-order chi connectivity index (χ1) is 13.0. The molecule has 0 saturated carbocycles. The van der Waals surface area contributed by atoms with Gasteiger partial charge < -0.3 is 22.3 Å². The first kappa shape index (κ1) is 19.1. The molecule has 1 N–H and O–H groups in total. The number of carbonyl (C=O) groups is 1. The zero-order valence-corrected chi connectivity index (χ0v) is 17.1. The van der Waals surface area contributed by atoms with Gasteiger partial charge >= 0.3 is 5.97 Å². The molecule has 146 valence electrons. The molecule has 5 nitrogen and oxygen atoms in total. The Hall–Kier alpha value is -2.24. The maximum atomic E-state index is 12.7. The molecule has 7 heteroatoms. The predicted molar refractivity (Wildman–Crippen MR) is 104 cm³/mol. The van der Waals surface area contributed by atoms with Gasteiger partial charge in [0.1, 0.15) is 17.8 Å². The smallest absolute Gasteiger partial charge is 0.354 e. The van der Waals surface area contributed by atoms with Gasteiger partial charge in [0.25, 0.3) is 0 Å². The Labute approximate surface area is 173 Å². The van der Waals surface area contributed by atoms with Gasteiger partial charge in [-0.25, -0.2) is 4.79 Å². The number of halogens is 2. The third kappa shape index (κ3) is 2.26. The lowest BCUT2D eigenvalue weighted by Gasteiger charge is -2.35. The Morgan fingerprint density at radius 1 is 1.43 bits per heavy atom. The number of carbonyl (C=O) groups excluding carboxylic acids is 1. The minimum Gasteiger partial charge on any atom is -1.00 e. The number of aromatic nitrogens is 2. The van der Waals surface area contributed by atoms with E-state index in [9.17, 15) is 9.90 Å². The summed E-state index contributed by atoms with van der Waals surface area (Å²) in [7, 11) is 1.40. The summed E-state index contributed by atoms with van der Waals surface area (Å²) in [6.07, 6.45) is 6.72. The van der Waals surface area contributed by atoms with Crippen molar-refractivity contribution in [2.45, 2.75) is 38.1 Å². The van der Waals surface area contributed by atoms with Gasteiger partial charge in [-0.2, -0.15) is 4.57 Å². The van der Waals surface area contributed by atoms with Crippen LogP contribution in [0.15, 0.2) is 30.5 Å². The predicted octanol–water partition coefficient (Wildman–Crippen LogP) is 0.914. The Balaban J connectivity index is 0.00000192. The van der Waals surface area contributed by atoms with Crippen molar-refractivity contribution in [2.24, 2.45) is 0 Å². The van der Waals surface area contributed by atoms with Crippen molar-refractivity contribution >= 4 is 45.1 Å². The molecular formula is C21H20Cl2N2O3. The minimum atomic E-state index is -0.373. The van der Waals surface area contributed by atoms with Gasteiger partial charge in [-0.15, -0.1) is 0 Å². The SMILES string of the molecule is CC[C@]12C=C(C(=O)OC)n3c4ccc(Cl)cc4c4c(O)c[n+](c1c43)CCC2.[Cl-]. The molecule has 1 aromatic carbocycles. The quantitative estimate of drug-likeness (QED) is 0.497. The molecule has 1 atom stereocenters. The van der Waals surface area contributed by atoms with Crippen molar-refractivity contribution in [3.05, 3.63) is 41.2 Å². The summed E-state index contributed by atoms with van der Waals surface area (Å²) >= 11 is 6.26. The summed E-state index contributed by atoms with van der Waals surface area (Å²) in [6.45, 7) is 3.00. The van der Waals surface area contributed by atoms with Crippen molar-refractivity contribution in [3.63, 3.8) is 0 Å². The molecule has 2 aliphatic heterocycles. The summed E-state index contributed by atoms with van der Waals surface area (Å²) < 4.78 is 9.19. The van der Waals surface area contributed by atoms with E-state index in [-0.39, 0.29) is 29.5 Å². The number of hydrogen-bond donors (Lipinski definition) is 1. The molecule has 0 unspecified atom stereocenters. The number of rotatable bonds is 2. The van der Waals surface area contributed by atoms with Crippen LogP contribution in [0.2, 0.25) is 5.02 Å². The van der Waals surface area contributed by atoms with Crippen LogP contribution in [0.5, 0.6) is 5.75 Å². The van der Waals surface area contributed by atoms with Crippen molar-refractivity contribution < 1.29 is 31.6 Å². The minimum absolute atomic E-state index is 0. The molecule has 3 aromatic rings. The number of ether oxygens (including phenoxy) is 1. The van der Waals surface area contributed by atoms with Crippen molar-refractivity contribution in [2.75, 3.05) is 7.11 Å². The third-order valence-electron chi connectivity index (χ3n) is 6.15. The Bertz CT molecular complexity index is 1180. The van der Waals surface area contributed by atoms with Crippen LogP contribution in [0.3, 0.4) is 0 Å². The molecule has 4 heterocycles. The van der Waals surface area contributed by atoms with Crippen molar-refractivity contribution in [3.8, 4) is 5.75 Å². The standard InChI is InChI=1S/C21H19ClN2O3.ClH/c1-3-21-7-4-8-23-11-16(25)17-13-9-12(22)5-6-14(13)24(18(17)19(21)23)15(10-21)20(26)27-2;/h5-6,9-11H,3-4,7-8H2,1-2H3;1H/t21-;/m0./s1. The largest absolute Gasteiger partial charge is 1.00 e. The van der Waals surface area contributed by atoms with E-state index in [0.29, 0.717) is 10.7 Å². The second kappa shape index (κ2) is 6.39. The van der Waals surface area contributed by atoms with Gasteiger partial charge in [0.05, 0.1) is 23.4 Å². The number of hydrogen-bond acceptors (Lipinski definition) is 3. The highest BCUT2D eigenvalue weighted by Gasteiger charge is 2.47. The number of aryl methyl sites for hydroxylation is 1. The topological polar surface area (TPSA) is 55.3 Å². The lowest BCUT2D eigenvalue weighted by molar-refractivity contribution is -0.712. The molecule has 5 rings (SSSR count). The van der Waals surface area contributed by atoms with E-state index >= 15 is 0 Å². The summed E-state index contributed by atoms with van der Waals surface area (Å²) in [5.41, 5.74) is 3.14.